The highest BCUT2D eigenvalue weighted by atomic mass is 28.4. The van der Waals surface area contributed by atoms with Crippen molar-refractivity contribution in [2.45, 2.75) is 71.0 Å². The molecule has 24 heavy (non-hydrogen) atoms. The van der Waals surface area contributed by atoms with Crippen LogP contribution >= 0.6 is 0 Å². The van der Waals surface area contributed by atoms with Crippen molar-refractivity contribution in [3.05, 3.63) is 47.7 Å². The van der Waals surface area contributed by atoms with Crippen molar-refractivity contribution < 1.29 is 4.43 Å². The van der Waals surface area contributed by atoms with Gasteiger partial charge in [0.1, 0.15) is 0 Å². The highest BCUT2D eigenvalue weighted by molar-refractivity contribution is 6.77. The van der Waals surface area contributed by atoms with Crippen molar-refractivity contribution in [2.24, 2.45) is 5.92 Å². The zero-order valence-electron chi connectivity index (χ0n) is 16.1. The van der Waals surface area contributed by atoms with Gasteiger partial charge in [-0.05, 0) is 41.3 Å². The molecular weight excluding hydrogens is 308 g/mol. The first-order chi connectivity index (χ1) is 11.4. The van der Waals surface area contributed by atoms with Crippen LogP contribution in [-0.2, 0) is 4.43 Å². The van der Waals surface area contributed by atoms with E-state index in [1.165, 1.54) is 5.76 Å². The Labute approximate surface area is 149 Å². The lowest BCUT2D eigenvalue weighted by Gasteiger charge is -2.42. The Morgan fingerprint density at radius 1 is 0.958 bits per heavy atom. The van der Waals surface area contributed by atoms with E-state index in [0.29, 0.717) is 22.5 Å². The highest BCUT2D eigenvalue weighted by Gasteiger charge is 2.47. The Morgan fingerprint density at radius 2 is 1.54 bits per heavy atom. The lowest BCUT2D eigenvalue weighted by atomic mass is 10.1. The quantitative estimate of drug-likeness (QED) is 0.437. The fourth-order valence-electron chi connectivity index (χ4n) is 4.17. The van der Waals surface area contributed by atoms with E-state index in [2.05, 4.69) is 71.6 Å². The maximum atomic E-state index is 6.80. The van der Waals surface area contributed by atoms with Gasteiger partial charge in [-0.2, -0.15) is 0 Å². The molecule has 0 aliphatic heterocycles. The Balaban J connectivity index is 2.14. The van der Waals surface area contributed by atoms with Crippen LogP contribution in [0, 0.1) is 17.8 Å². The van der Waals surface area contributed by atoms with Gasteiger partial charge in [-0.3, -0.25) is 0 Å². The van der Waals surface area contributed by atoms with Crippen molar-refractivity contribution in [2.75, 3.05) is 0 Å². The summed E-state index contributed by atoms with van der Waals surface area (Å²) in [5, 5.41) is 0. The molecule has 2 heteroatoms. The minimum atomic E-state index is -1.83. The molecule has 1 unspecified atom stereocenters. The molecule has 0 amide bonds. The number of allylic oxidation sites excluding steroid dienone is 2. The number of benzene rings is 1. The summed E-state index contributed by atoms with van der Waals surface area (Å²) in [6.45, 7) is 14.1. The normalized spacial score (nSPS) is 17.9. The predicted octanol–water partition coefficient (Wildman–Crippen LogP) is 6.52. The van der Waals surface area contributed by atoms with Gasteiger partial charge in [0.15, 0.2) is 0 Å². The highest BCUT2D eigenvalue weighted by Crippen LogP contribution is 2.45. The minimum absolute atomic E-state index is 0.332. The second kappa shape index (κ2) is 8.08. The first-order valence-corrected chi connectivity index (χ1v) is 11.5. The van der Waals surface area contributed by atoms with E-state index in [1.807, 2.05) is 18.2 Å². The first-order valence-electron chi connectivity index (χ1n) is 9.32. The predicted molar refractivity (Wildman–Crippen MR) is 106 cm³/mol. The van der Waals surface area contributed by atoms with E-state index in [1.54, 1.807) is 0 Å². The Morgan fingerprint density at radius 3 is 2.08 bits per heavy atom. The van der Waals surface area contributed by atoms with E-state index in [9.17, 15) is 0 Å². The molecule has 0 saturated carbocycles. The first kappa shape index (κ1) is 18.9. The van der Waals surface area contributed by atoms with Gasteiger partial charge in [-0.25, -0.2) is 0 Å². The second-order valence-corrected chi connectivity index (χ2v) is 13.2. The molecule has 0 heterocycles. The molecule has 0 spiro atoms. The third-order valence-corrected chi connectivity index (χ3v) is 11.3. The molecule has 0 saturated heterocycles. The molecule has 2 rings (SSSR count). The molecule has 130 valence electrons. The summed E-state index contributed by atoms with van der Waals surface area (Å²) in [4.78, 5) is 0. The molecule has 1 aliphatic carbocycles. The van der Waals surface area contributed by atoms with Gasteiger partial charge in [0.05, 0.1) is 5.76 Å². The van der Waals surface area contributed by atoms with Crippen LogP contribution in [0.25, 0.3) is 0 Å². The number of hydrogen-bond donors (Lipinski definition) is 0. The summed E-state index contributed by atoms with van der Waals surface area (Å²) < 4.78 is 6.80. The zero-order chi connectivity index (χ0) is 17.7. The maximum Gasteiger partial charge on any atom is 0.258 e. The lowest BCUT2D eigenvalue weighted by molar-refractivity contribution is 0.361. The third kappa shape index (κ3) is 4.14. The third-order valence-electron chi connectivity index (χ3n) is 5.28. The van der Waals surface area contributed by atoms with E-state index < -0.39 is 8.32 Å². The lowest BCUT2D eigenvalue weighted by Crippen LogP contribution is -2.47. The molecule has 0 aromatic heterocycles. The summed E-state index contributed by atoms with van der Waals surface area (Å²) in [6, 6.07) is 10.2. The molecule has 1 aliphatic rings. The molecule has 0 radical (unpaired) electrons. The largest absolute Gasteiger partial charge is 0.546 e. The van der Waals surface area contributed by atoms with Gasteiger partial charge in [-0.15, -0.1) is 0 Å². The van der Waals surface area contributed by atoms with Gasteiger partial charge in [0, 0.05) is 17.9 Å². The van der Waals surface area contributed by atoms with Crippen molar-refractivity contribution in [3.63, 3.8) is 0 Å². The Hall–Kier alpha value is -1.46. The summed E-state index contributed by atoms with van der Waals surface area (Å²) in [5.41, 5.74) is 2.95. The fourth-order valence-corrected chi connectivity index (χ4v) is 9.50. The molecule has 0 bridgehead atoms. The van der Waals surface area contributed by atoms with Crippen LogP contribution in [0.4, 0.5) is 0 Å². The number of rotatable bonds is 5. The summed E-state index contributed by atoms with van der Waals surface area (Å²) in [6.07, 6.45) is 4.41. The topological polar surface area (TPSA) is 9.23 Å². The van der Waals surface area contributed by atoms with Crippen LogP contribution < -0.4 is 0 Å². The SMILES string of the molecule is CC(C)[Si](OC1=CC(C#Cc2ccccc2)CC1)(C(C)C)C(C)C. The van der Waals surface area contributed by atoms with Gasteiger partial charge in [0.25, 0.3) is 8.32 Å². The molecular formula is C22H32OSi. The Kier molecular flexibility index (Phi) is 6.35. The molecule has 0 N–H and O–H groups in total. The molecule has 1 aromatic rings. The average Bonchev–Trinajstić information content (AvgIpc) is 2.98. The van der Waals surface area contributed by atoms with Crippen LogP contribution in [0.3, 0.4) is 0 Å². The number of hydrogen-bond acceptors (Lipinski definition) is 1. The van der Waals surface area contributed by atoms with Gasteiger partial charge in [-0.1, -0.05) is 71.6 Å². The Bertz CT molecular complexity index is 595. The van der Waals surface area contributed by atoms with Crippen LogP contribution in [-0.4, -0.2) is 8.32 Å². The van der Waals surface area contributed by atoms with E-state index in [4.69, 9.17) is 4.43 Å². The van der Waals surface area contributed by atoms with Crippen LogP contribution in [0.5, 0.6) is 0 Å². The maximum absolute atomic E-state index is 6.80. The van der Waals surface area contributed by atoms with Gasteiger partial charge < -0.3 is 4.43 Å². The average molecular weight is 341 g/mol. The van der Waals surface area contributed by atoms with E-state index >= 15 is 0 Å². The smallest absolute Gasteiger partial charge is 0.258 e. The zero-order valence-corrected chi connectivity index (χ0v) is 17.1. The van der Waals surface area contributed by atoms with Crippen molar-refractivity contribution in [1.82, 2.24) is 0 Å². The van der Waals surface area contributed by atoms with Crippen LogP contribution in [0.2, 0.25) is 16.6 Å². The standard InChI is InChI=1S/C22H32OSi/c1-17(2)24(18(3)4,19(5)6)23-22-15-14-21(16-22)13-12-20-10-8-7-9-11-20/h7-11,16-19,21H,14-15H2,1-6H3. The monoisotopic (exact) mass is 340 g/mol. The van der Waals surface area contributed by atoms with E-state index in [-0.39, 0.29) is 0 Å². The molecule has 1 nitrogen and oxygen atoms in total. The van der Waals surface area contributed by atoms with Crippen molar-refractivity contribution >= 4 is 8.32 Å². The van der Waals surface area contributed by atoms with Crippen LogP contribution in [0.15, 0.2) is 42.2 Å². The second-order valence-electron chi connectivity index (χ2n) is 7.83. The fraction of sp³-hybridized carbons (Fsp3) is 0.545. The minimum Gasteiger partial charge on any atom is -0.546 e. The summed E-state index contributed by atoms with van der Waals surface area (Å²) in [5.74, 6) is 8.24. The van der Waals surface area contributed by atoms with E-state index in [0.717, 1.165) is 18.4 Å². The van der Waals surface area contributed by atoms with Gasteiger partial charge in [0.2, 0.25) is 0 Å². The molecule has 0 fully saturated rings. The molecule has 1 aromatic carbocycles. The summed E-state index contributed by atoms with van der Waals surface area (Å²) in [7, 11) is -1.83. The van der Waals surface area contributed by atoms with Crippen molar-refractivity contribution in [1.29, 1.82) is 0 Å². The van der Waals surface area contributed by atoms with Crippen LogP contribution in [0.1, 0.15) is 59.9 Å². The van der Waals surface area contributed by atoms with Crippen molar-refractivity contribution in [3.8, 4) is 11.8 Å². The molecule has 1 atom stereocenters. The van der Waals surface area contributed by atoms with Gasteiger partial charge >= 0.3 is 0 Å². The summed E-state index contributed by atoms with van der Waals surface area (Å²) >= 11 is 0.